The van der Waals surface area contributed by atoms with E-state index in [1.54, 1.807) is 0 Å². The van der Waals surface area contributed by atoms with Crippen LogP contribution in [0.4, 0.5) is 0 Å². The molecule has 0 aliphatic rings. The van der Waals surface area contributed by atoms with Crippen LogP contribution in [0.3, 0.4) is 0 Å². The fourth-order valence-electron chi connectivity index (χ4n) is 7.38. The van der Waals surface area contributed by atoms with Gasteiger partial charge in [-0.2, -0.15) is 0 Å². The molecule has 270 valence electrons. The summed E-state index contributed by atoms with van der Waals surface area (Å²) in [7, 11) is 0. The fraction of sp³-hybridized carbons (Fsp3) is 0.304. The van der Waals surface area contributed by atoms with Gasteiger partial charge < -0.3 is 10.2 Å². The molecule has 6 nitrogen and oxygen atoms in total. The monoisotopic (exact) mass is 696 g/mol. The van der Waals surface area contributed by atoms with Crippen LogP contribution in [0.5, 0.6) is 0 Å². The molecule has 4 aromatic carbocycles. The number of ketones is 2. The number of aliphatic imine (C=N–C) groups is 2. The Labute approximate surface area is 309 Å². The minimum absolute atomic E-state index is 0.0832. The van der Waals surface area contributed by atoms with Crippen molar-refractivity contribution in [1.82, 2.24) is 0 Å². The Morgan fingerprint density at radius 1 is 0.462 bits per heavy atom. The average molecular weight is 697 g/mol. The summed E-state index contributed by atoms with van der Waals surface area (Å²) in [5.41, 5.74) is 12.7. The number of Topliss-reactive ketones (excluding diaryl/α,β-unsaturated/α-hetero) is 2. The zero-order chi connectivity index (χ0) is 38.6. The lowest BCUT2D eigenvalue weighted by molar-refractivity contribution is -0.114. The Kier molecular flexibility index (Phi) is 12.4. The van der Waals surface area contributed by atoms with E-state index in [9.17, 15) is 19.8 Å². The highest BCUT2D eigenvalue weighted by Crippen LogP contribution is 2.38. The van der Waals surface area contributed by atoms with E-state index >= 15 is 0 Å². The van der Waals surface area contributed by atoms with Crippen LogP contribution in [-0.2, 0) is 9.59 Å². The van der Waals surface area contributed by atoms with Gasteiger partial charge in [0.2, 0.25) is 0 Å². The van der Waals surface area contributed by atoms with Crippen molar-refractivity contribution in [3.05, 3.63) is 150 Å². The van der Waals surface area contributed by atoms with Gasteiger partial charge in [0, 0.05) is 23.6 Å². The predicted octanol–water partition coefficient (Wildman–Crippen LogP) is 10.8. The molecular weight excluding hydrogens is 645 g/mol. The highest BCUT2D eigenvalue weighted by molar-refractivity contribution is 6.18. The number of nitrogens with zero attached hydrogens (tertiary/aromatic N) is 2. The lowest BCUT2D eigenvalue weighted by Gasteiger charge is -2.24. The summed E-state index contributed by atoms with van der Waals surface area (Å²) >= 11 is 0. The second kappa shape index (κ2) is 16.3. The summed E-state index contributed by atoms with van der Waals surface area (Å²) in [4.78, 5) is 36.6. The Morgan fingerprint density at radius 2 is 0.712 bits per heavy atom. The SMILES string of the molecule is CC(=O)C(C=N[C@H](c1cc(C)cc(C)c1)[C@H](N=CC(C(C)=O)=C(O)c1c(C)cc(C)cc1C)c1cc(C)cc(C)c1)=C(O)c1c(C)cc(C)cc1C. The molecular formula is C46H52N2O4. The molecule has 4 aromatic rings. The molecule has 0 spiro atoms. The molecule has 0 saturated heterocycles. The van der Waals surface area contributed by atoms with Crippen molar-refractivity contribution in [1.29, 1.82) is 0 Å². The van der Waals surface area contributed by atoms with E-state index in [1.807, 2.05) is 118 Å². The van der Waals surface area contributed by atoms with E-state index < -0.39 is 12.1 Å². The topological polar surface area (TPSA) is 99.3 Å². The first kappa shape index (κ1) is 39.4. The summed E-state index contributed by atoms with van der Waals surface area (Å²) in [5.74, 6) is -0.927. The number of allylic oxidation sites excluding steroid dienone is 2. The first-order valence-electron chi connectivity index (χ1n) is 17.6. The van der Waals surface area contributed by atoms with Gasteiger partial charge in [-0.25, -0.2) is 0 Å². The third-order valence-electron chi connectivity index (χ3n) is 9.30. The zero-order valence-corrected chi connectivity index (χ0v) is 32.7. The average Bonchev–Trinajstić information content (AvgIpc) is 2.99. The second-order valence-corrected chi connectivity index (χ2v) is 14.5. The molecule has 52 heavy (non-hydrogen) atoms. The third kappa shape index (κ3) is 9.10. The third-order valence-corrected chi connectivity index (χ3v) is 9.30. The van der Waals surface area contributed by atoms with Gasteiger partial charge in [-0.15, -0.1) is 0 Å². The van der Waals surface area contributed by atoms with Gasteiger partial charge in [0.15, 0.2) is 11.6 Å². The van der Waals surface area contributed by atoms with Gasteiger partial charge in [0.05, 0.1) is 11.1 Å². The smallest absolute Gasteiger partial charge is 0.165 e. The highest BCUT2D eigenvalue weighted by atomic mass is 16.3. The number of aliphatic hydroxyl groups excluding tert-OH is 2. The maximum atomic E-state index is 13.2. The molecule has 4 rings (SSSR count). The van der Waals surface area contributed by atoms with Gasteiger partial charge in [0.1, 0.15) is 23.6 Å². The van der Waals surface area contributed by atoms with E-state index in [4.69, 9.17) is 9.98 Å². The summed E-state index contributed by atoms with van der Waals surface area (Å²) in [6.07, 6.45) is 2.92. The first-order valence-corrected chi connectivity index (χ1v) is 17.6. The summed E-state index contributed by atoms with van der Waals surface area (Å²) in [6, 6.07) is 18.9. The molecule has 6 heteroatoms. The molecule has 0 aromatic heterocycles. The van der Waals surface area contributed by atoms with Crippen LogP contribution in [-0.4, -0.2) is 34.2 Å². The number of aryl methyl sites for hydroxylation is 10. The van der Waals surface area contributed by atoms with Gasteiger partial charge in [-0.05, 0) is 116 Å². The highest BCUT2D eigenvalue weighted by Gasteiger charge is 2.27. The van der Waals surface area contributed by atoms with Crippen LogP contribution >= 0.6 is 0 Å². The van der Waals surface area contributed by atoms with E-state index in [-0.39, 0.29) is 34.2 Å². The number of carbonyl (C=O) groups is 2. The molecule has 0 amide bonds. The van der Waals surface area contributed by atoms with Crippen molar-refractivity contribution in [2.45, 2.75) is 95.2 Å². The van der Waals surface area contributed by atoms with E-state index in [1.165, 1.54) is 26.3 Å². The predicted molar refractivity (Wildman–Crippen MR) is 216 cm³/mol. The number of benzene rings is 4. The molecule has 0 radical (unpaired) electrons. The Morgan fingerprint density at radius 3 is 0.962 bits per heavy atom. The standard InChI is InChI=1S/C46H52N2O4/c1-25-13-26(2)20-37(19-25)43(47-23-39(35(11)49)45(51)41-31(7)15-29(5)16-32(41)8)44(38-21-27(3)14-28(4)22-38)48-24-40(36(12)50)46(52)42-33(9)17-30(6)18-34(42)10/h13-24,43-44,51-52H,1-12H3/t43-,44-/m1/s1. The van der Waals surface area contributed by atoms with Crippen LogP contribution in [0, 0.1) is 69.2 Å². The van der Waals surface area contributed by atoms with Crippen molar-refractivity contribution in [2.75, 3.05) is 0 Å². The molecule has 0 aliphatic carbocycles. The van der Waals surface area contributed by atoms with Crippen LogP contribution in [0.15, 0.2) is 81.8 Å². The molecule has 0 heterocycles. The number of carbonyl (C=O) groups excluding carboxylic acids is 2. The Hall–Kier alpha value is -5.36. The van der Waals surface area contributed by atoms with Crippen molar-refractivity contribution in [3.63, 3.8) is 0 Å². The molecule has 2 atom stereocenters. The van der Waals surface area contributed by atoms with Gasteiger partial charge in [-0.3, -0.25) is 19.6 Å². The van der Waals surface area contributed by atoms with Gasteiger partial charge in [-0.1, -0.05) is 94.0 Å². The minimum atomic E-state index is -0.684. The normalized spacial score (nSPS) is 14.0. The molecule has 0 bridgehead atoms. The lowest BCUT2D eigenvalue weighted by atomic mass is 9.90. The number of hydrogen-bond acceptors (Lipinski definition) is 6. The minimum Gasteiger partial charge on any atom is -0.506 e. The van der Waals surface area contributed by atoms with Crippen LogP contribution in [0.2, 0.25) is 0 Å². The van der Waals surface area contributed by atoms with Crippen LogP contribution in [0.25, 0.3) is 11.5 Å². The summed E-state index contributed by atoms with van der Waals surface area (Å²) in [6.45, 7) is 22.6. The maximum Gasteiger partial charge on any atom is 0.165 e. The summed E-state index contributed by atoms with van der Waals surface area (Å²) < 4.78 is 0. The van der Waals surface area contributed by atoms with Crippen LogP contribution < -0.4 is 0 Å². The van der Waals surface area contributed by atoms with E-state index in [0.29, 0.717) is 11.1 Å². The van der Waals surface area contributed by atoms with Crippen molar-refractivity contribution < 1.29 is 19.8 Å². The van der Waals surface area contributed by atoms with Gasteiger partial charge >= 0.3 is 0 Å². The van der Waals surface area contributed by atoms with Crippen molar-refractivity contribution >= 4 is 35.5 Å². The molecule has 0 aliphatic heterocycles. The maximum absolute atomic E-state index is 13.2. The Balaban J connectivity index is 2.04. The van der Waals surface area contributed by atoms with Crippen molar-refractivity contribution in [2.24, 2.45) is 9.98 Å². The molecule has 0 saturated carbocycles. The number of aliphatic hydroxyl groups is 2. The lowest BCUT2D eigenvalue weighted by Crippen LogP contribution is -2.13. The largest absolute Gasteiger partial charge is 0.506 e. The zero-order valence-electron chi connectivity index (χ0n) is 32.7. The van der Waals surface area contributed by atoms with E-state index in [2.05, 4.69) is 12.1 Å². The molecule has 0 unspecified atom stereocenters. The van der Waals surface area contributed by atoms with Crippen LogP contribution in [0.1, 0.15) is 104 Å². The quantitative estimate of drug-likeness (QED) is 0.0926. The Bertz CT molecular complexity index is 1940. The molecule has 2 N–H and O–H groups in total. The fourth-order valence-corrected chi connectivity index (χ4v) is 7.38. The second-order valence-electron chi connectivity index (χ2n) is 14.5. The number of rotatable bonds is 11. The van der Waals surface area contributed by atoms with Crippen molar-refractivity contribution in [3.8, 4) is 0 Å². The van der Waals surface area contributed by atoms with Gasteiger partial charge in [0.25, 0.3) is 0 Å². The molecule has 0 fully saturated rings. The summed E-state index contributed by atoms with van der Waals surface area (Å²) in [5, 5.41) is 23.3. The first-order chi connectivity index (χ1) is 24.4. The number of hydrogen-bond donors (Lipinski definition) is 2. The van der Waals surface area contributed by atoms with E-state index in [0.717, 1.165) is 66.8 Å².